The fraction of sp³-hybridized carbons (Fsp3) is 0.235. The Hall–Kier alpha value is -2.29. The Kier molecular flexibility index (Phi) is 4.41. The molecule has 0 unspecified atom stereocenters. The number of nitrogens with zero attached hydrogens (tertiary/aromatic N) is 1. The summed E-state index contributed by atoms with van der Waals surface area (Å²) in [5.41, 5.74) is 2.95. The second-order valence-electron chi connectivity index (χ2n) is 4.80. The third-order valence-corrected chi connectivity index (χ3v) is 3.27. The Morgan fingerprint density at radius 1 is 1.00 bits per heavy atom. The van der Waals surface area contributed by atoms with Crippen molar-refractivity contribution in [3.8, 4) is 5.75 Å². The molecule has 0 fully saturated rings. The summed E-state index contributed by atoms with van der Waals surface area (Å²) in [5, 5.41) is 0. The molecular weight excluding hydrogens is 250 g/mol. The average Bonchev–Trinajstić information content (AvgIpc) is 2.46. The summed E-state index contributed by atoms with van der Waals surface area (Å²) >= 11 is 0. The number of rotatable bonds is 4. The van der Waals surface area contributed by atoms with Crippen LogP contribution in [0.25, 0.3) is 0 Å². The van der Waals surface area contributed by atoms with E-state index in [2.05, 4.69) is 0 Å². The maximum atomic E-state index is 12.1. The van der Waals surface area contributed by atoms with E-state index < -0.39 is 0 Å². The molecule has 3 nitrogen and oxygen atoms in total. The van der Waals surface area contributed by atoms with Gasteiger partial charge in [0, 0.05) is 12.7 Å². The van der Waals surface area contributed by atoms with Crippen molar-refractivity contribution in [2.24, 2.45) is 0 Å². The molecule has 1 amide bonds. The first-order valence-electron chi connectivity index (χ1n) is 6.60. The number of hydrogen-bond donors (Lipinski definition) is 0. The molecule has 20 heavy (non-hydrogen) atoms. The van der Waals surface area contributed by atoms with Gasteiger partial charge in [-0.25, -0.2) is 0 Å². The molecule has 0 aliphatic heterocycles. The number of carbonyl (C=O) groups excluding carboxylic acids is 1. The van der Waals surface area contributed by atoms with Crippen molar-refractivity contribution in [2.45, 2.75) is 13.8 Å². The predicted molar refractivity (Wildman–Crippen MR) is 81.3 cm³/mol. The highest BCUT2D eigenvalue weighted by Crippen LogP contribution is 2.22. The minimum absolute atomic E-state index is 0.0388. The summed E-state index contributed by atoms with van der Waals surface area (Å²) in [7, 11) is 1.76. The second-order valence-corrected chi connectivity index (χ2v) is 4.80. The SMILES string of the molecule is Cc1cccc(C)c1OCC(=O)N(C)c1ccccc1. The fourth-order valence-corrected chi connectivity index (χ4v) is 2.05. The third-order valence-electron chi connectivity index (χ3n) is 3.27. The zero-order valence-corrected chi connectivity index (χ0v) is 12.1. The van der Waals surface area contributed by atoms with Crippen LogP contribution >= 0.6 is 0 Å². The number of carbonyl (C=O) groups is 1. The number of benzene rings is 2. The fourth-order valence-electron chi connectivity index (χ4n) is 2.05. The topological polar surface area (TPSA) is 29.5 Å². The Bertz CT molecular complexity index is 573. The number of amides is 1. The van der Waals surface area contributed by atoms with Crippen LogP contribution < -0.4 is 9.64 Å². The zero-order valence-electron chi connectivity index (χ0n) is 12.1. The van der Waals surface area contributed by atoms with Crippen LogP contribution in [-0.2, 0) is 4.79 Å². The van der Waals surface area contributed by atoms with Crippen LogP contribution in [-0.4, -0.2) is 19.6 Å². The van der Waals surface area contributed by atoms with Gasteiger partial charge in [-0.05, 0) is 37.1 Å². The monoisotopic (exact) mass is 269 g/mol. The van der Waals surface area contributed by atoms with Gasteiger partial charge >= 0.3 is 0 Å². The van der Waals surface area contributed by atoms with Crippen molar-refractivity contribution < 1.29 is 9.53 Å². The van der Waals surface area contributed by atoms with Crippen LogP contribution in [0.5, 0.6) is 5.75 Å². The van der Waals surface area contributed by atoms with Crippen LogP contribution in [0.4, 0.5) is 5.69 Å². The number of para-hydroxylation sites is 2. The van der Waals surface area contributed by atoms with E-state index in [1.54, 1.807) is 11.9 Å². The van der Waals surface area contributed by atoms with E-state index >= 15 is 0 Å². The van der Waals surface area contributed by atoms with Gasteiger partial charge in [-0.1, -0.05) is 36.4 Å². The molecule has 0 heterocycles. The molecule has 0 atom stereocenters. The molecule has 0 N–H and O–H groups in total. The van der Waals surface area contributed by atoms with Gasteiger partial charge in [-0.3, -0.25) is 4.79 Å². The van der Waals surface area contributed by atoms with Crippen LogP contribution in [0.3, 0.4) is 0 Å². The predicted octanol–water partition coefficient (Wildman–Crippen LogP) is 3.35. The highest BCUT2D eigenvalue weighted by Gasteiger charge is 2.12. The van der Waals surface area contributed by atoms with E-state index in [9.17, 15) is 4.79 Å². The number of likely N-dealkylation sites (N-methyl/N-ethyl adjacent to an activating group) is 1. The molecule has 2 aromatic carbocycles. The molecule has 0 saturated carbocycles. The first-order chi connectivity index (χ1) is 9.59. The molecule has 0 radical (unpaired) electrons. The summed E-state index contributed by atoms with van der Waals surface area (Å²) in [6.07, 6.45) is 0. The van der Waals surface area contributed by atoms with Crippen molar-refractivity contribution in [2.75, 3.05) is 18.6 Å². The van der Waals surface area contributed by atoms with Crippen molar-refractivity contribution in [3.05, 3.63) is 59.7 Å². The Morgan fingerprint density at radius 3 is 2.20 bits per heavy atom. The van der Waals surface area contributed by atoms with Gasteiger partial charge in [0.25, 0.3) is 5.91 Å². The van der Waals surface area contributed by atoms with E-state index in [4.69, 9.17) is 4.74 Å². The van der Waals surface area contributed by atoms with Gasteiger partial charge in [-0.2, -0.15) is 0 Å². The summed E-state index contributed by atoms with van der Waals surface area (Å²) in [5.74, 6) is 0.723. The molecule has 0 aromatic heterocycles. The van der Waals surface area contributed by atoms with E-state index in [0.29, 0.717) is 0 Å². The van der Waals surface area contributed by atoms with Gasteiger partial charge in [0.15, 0.2) is 6.61 Å². The van der Waals surface area contributed by atoms with Crippen LogP contribution in [0.1, 0.15) is 11.1 Å². The molecule has 0 spiro atoms. The average molecular weight is 269 g/mol. The highest BCUT2D eigenvalue weighted by molar-refractivity contribution is 5.93. The van der Waals surface area contributed by atoms with E-state index in [0.717, 1.165) is 22.6 Å². The summed E-state index contributed by atoms with van der Waals surface area (Å²) in [6.45, 7) is 4.00. The van der Waals surface area contributed by atoms with E-state index in [-0.39, 0.29) is 12.5 Å². The molecule has 3 heteroatoms. The van der Waals surface area contributed by atoms with Gasteiger partial charge in [-0.15, -0.1) is 0 Å². The molecule has 0 aliphatic carbocycles. The maximum absolute atomic E-state index is 12.1. The first-order valence-corrected chi connectivity index (χ1v) is 6.60. The lowest BCUT2D eigenvalue weighted by atomic mass is 10.1. The van der Waals surface area contributed by atoms with Crippen molar-refractivity contribution >= 4 is 11.6 Å². The minimum Gasteiger partial charge on any atom is -0.483 e. The molecule has 0 aliphatic rings. The Morgan fingerprint density at radius 2 is 1.60 bits per heavy atom. The van der Waals surface area contributed by atoms with Crippen molar-refractivity contribution in [1.82, 2.24) is 0 Å². The third kappa shape index (κ3) is 3.18. The molecule has 2 aromatic rings. The molecule has 2 rings (SSSR count). The smallest absolute Gasteiger partial charge is 0.264 e. The van der Waals surface area contributed by atoms with Gasteiger partial charge in [0.1, 0.15) is 5.75 Å². The number of anilines is 1. The normalized spacial score (nSPS) is 10.2. The number of ether oxygens (including phenoxy) is 1. The first kappa shape index (κ1) is 14.1. The zero-order chi connectivity index (χ0) is 14.5. The van der Waals surface area contributed by atoms with Crippen LogP contribution in [0, 0.1) is 13.8 Å². The number of aryl methyl sites for hydroxylation is 2. The maximum Gasteiger partial charge on any atom is 0.264 e. The van der Waals surface area contributed by atoms with Gasteiger partial charge < -0.3 is 9.64 Å². The van der Waals surface area contributed by atoms with Gasteiger partial charge in [0.2, 0.25) is 0 Å². The van der Waals surface area contributed by atoms with E-state index in [1.165, 1.54) is 0 Å². The molecule has 0 saturated heterocycles. The largest absolute Gasteiger partial charge is 0.483 e. The molecule has 104 valence electrons. The summed E-state index contributed by atoms with van der Waals surface area (Å²) in [4.78, 5) is 13.7. The van der Waals surface area contributed by atoms with Crippen LogP contribution in [0.15, 0.2) is 48.5 Å². The lowest BCUT2D eigenvalue weighted by molar-refractivity contribution is -0.120. The van der Waals surface area contributed by atoms with Crippen LogP contribution in [0.2, 0.25) is 0 Å². The molecular formula is C17H19NO2. The highest BCUT2D eigenvalue weighted by atomic mass is 16.5. The van der Waals surface area contributed by atoms with Gasteiger partial charge in [0.05, 0.1) is 0 Å². The minimum atomic E-state index is -0.0705. The van der Waals surface area contributed by atoms with E-state index in [1.807, 2.05) is 62.4 Å². The van der Waals surface area contributed by atoms with Crippen molar-refractivity contribution in [3.63, 3.8) is 0 Å². The quantitative estimate of drug-likeness (QED) is 0.852. The Labute approximate surface area is 119 Å². The summed E-state index contributed by atoms with van der Waals surface area (Å²) < 4.78 is 5.68. The molecule has 0 bridgehead atoms. The van der Waals surface area contributed by atoms with Crippen molar-refractivity contribution in [1.29, 1.82) is 0 Å². The Balaban J connectivity index is 2.02. The number of hydrogen-bond acceptors (Lipinski definition) is 2. The summed E-state index contributed by atoms with van der Waals surface area (Å²) in [6, 6.07) is 15.5. The lowest BCUT2D eigenvalue weighted by Crippen LogP contribution is -2.31. The second kappa shape index (κ2) is 6.24. The standard InChI is InChI=1S/C17H19NO2/c1-13-8-7-9-14(2)17(13)20-12-16(19)18(3)15-10-5-4-6-11-15/h4-11H,12H2,1-3H3. The lowest BCUT2D eigenvalue weighted by Gasteiger charge is -2.18.